The highest BCUT2D eigenvalue weighted by Gasteiger charge is 1.96. The third kappa shape index (κ3) is 5.15. The normalized spacial score (nSPS) is 8.83. The van der Waals surface area contributed by atoms with Crippen LogP contribution in [0.1, 0.15) is 5.56 Å². The monoisotopic (exact) mass is 279 g/mol. The Balaban J connectivity index is 0.000000199. The van der Waals surface area contributed by atoms with Gasteiger partial charge in [-0.2, -0.15) is 4.99 Å². The van der Waals surface area contributed by atoms with Crippen molar-refractivity contribution in [2.45, 2.75) is 6.92 Å². The number of hydrogen-bond donors (Lipinski definition) is 0. The van der Waals surface area contributed by atoms with Gasteiger partial charge in [-0.05, 0) is 25.1 Å². The van der Waals surface area contributed by atoms with Crippen LogP contribution in [-0.4, -0.2) is 6.08 Å². The van der Waals surface area contributed by atoms with Crippen LogP contribution in [0, 0.1) is 6.92 Å². The zero-order valence-corrected chi connectivity index (χ0v) is 11.2. The second-order valence-corrected chi connectivity index (χ2v) is 4.27. The number of isocyanates is 1. The van der Waals surface area contributed by atoms with Crippen molar-refractivity contribution in [3.8, 4) is 0 Å². The van der Waals surface area contributed by atoms with E-state index in [0.29, 0.717) is 15.7 Å². The summed E-state index contributed by atoms with van der Waals surface area (Å²) in [5.41, 5.74) is 1.77. The largest absolute Gasteiger partial charge is 0.240 e. The number of nitrogens with zero attached hydrogens (tertiary/aromatic N) is 1. The summed E-state index contributed by atoms with van der Waals surface area (Å²) in [7, 11) is 0. The minimum atomic E-state index is 0.378. The van der Waals surface area contributed by atoms with E-state index in [2.05, 4.69) is 24.0 Å². The first-order valence-electron chi connectivity index (χ1n) is 5.18. The van der Waals surface area contributed by atoms with E-state index in [9.17, 15) is 4.79 Å². The number of halogens is 2. The SMILES string of the molecule is Cc1ccccc1.O=C=Nc1ccc(Cl)c(Cl)c1. The summed E-state index contributed by atoms with van der Waals surface area (Å²) in [6.45, 7) is 2.08. The van der Waals surface area contributed by atoms with E-state index in [1.54, 1.807) is 12.1 Å². The molecule has 2 aromatic carbocycles. The van der Waals surface area contributed by atoms with Gasteiger partial charge in [0.05, 0.1) is 15.7 Å². The number of rotatable bonds is 1. The van der Waals surface area contributed by atoms with Crippen molar-refractivity contribution in [3.05, 3.63) is 64.1 Å². The Kier molecular flexibility index (Phi) is 6.16. The molecule has 2 aromatic rings. The maximum Gasteiger partial charge on any atom is 0.240 e. The third-order valence-electron chi connectivity index (χ3n) is 2.02. The van der Waals surface area contributed by atoms with Crippen molar-refractivity contribution < 1.29 is 4.79 Å². The third-order valence-corrected chi connectivity index (χ3v) is 2.76. The predicted molar refractivity (Wildman–Crippen MR) is 75.4 cm³/mol. The standard InChI is InChI=1S/C7H3Cl2NO.C7H8/c8-6-2-1-5(10-4-11)3-7(6)9;1-7-5-3-2-4-6-7/h1-3H;2-6H,1H3. The van der Waals surface area contributed by atoms with Crippen LogP contribution in [0.2, 0.25) is 10.0 Å². The molecule has 0 radical (unpaired) electrons. The van der Waals surface area contributed by atoms with Crippen molar-refractivity contribution >= 4 is 35.0 Å². The summed E-state index contributed by atoms with van der Waals surface area (Å²) >= 11 is 11.2. The van der Waals surface area contributed by atoms with E-state index in [4.69, 9.17) is 23.2 Å². The summed E-state index contributed by atoms with van der Waals surface area (Å²) < 4.78 is 0. The fourth-order valence-electron chi connectivity index (χ4n) is 1.14. The van der Waals surface area contributed by atoms with Crippen LogP contribution in [0.4, 0.5) is 5.69 Å². The Hall–Kier alpha value is -1.60. The van der Waals surface area contributed by atoms with Gasteiger partial charge in [0.1, 0.15) is 0 Å². The summed E-state index contributed by atoms with van der Waals surface area (Å²) in [5, 5.41) is 0.819. The molecule has 92 valence electrons. The maximum atomic E-state index is 9.80. The molecule has 0 amide bonds. The first kappa shape index (κ1) is 14.5. The lowest BCUT2D eigenvalue weighted by Gasteiger charge is -1.93. The molecule has 0 bridgehead atoms. The lowest BCUT2D eigenvalue weighted by Crippen LogP contribution is -1.67. The Morgan fingerprint density at radius 2 is 1.67 bits per heavy atom. The zero-order valence-electron chi connectivity index (χ0n) is 9.73. The summed E-state index contributed by atoms with van der Waals surface area (Å²) in [6, 6.07) is 14.9. The molecule has 2 nitrogen and oxygen atoms in total. The molecule has 0 aliphatic carbocycles. The molecule has 4 heteroatoms. The first-order chi connectivity index (χ1) is 8.63. The molecule has 0 aliphatic heterocycles. The average Bonchev–Trinajstić information content (AvgIpc) is 2.36. The van der Waals surface area contributed by atoms with Gasteiger partial charge in [0.25, 0.3) is 0 Å². The second kappa shape index (κ2) is 7.67. The van der Waals surface area contributed by atoms with E-state index < -0.39 is 0 Å². The van der Waals surface area contributed by atoms with Gasteiger partial charge in [-0.15, -0.1) is 0 Å². The molecular formula is C14H11Cl2NO. The lowest BCUT2D eigenvalue weighted by atomic mass is 10.2. The van der Waals surface area contributed by atoms with Crippen molar-refractivity contribution in [1.82, 2.24) is 0 Å². The van der Waals surface area contributed by atoms with Crippen LogP contribution in [0.25, 0.3) is 0 Å². The first-order valence-corrected chi connectivity index (χ1v) is 5.93. The zero-order chi connectivity index (χ0) is 13.4. The second-order valence-electron chi connectivity index (χ2n) is 3.46. The Labute approximate surface area is 116 Å². The minimum Gasteiger partial charge on any atom is -0.211 e. The Bertz CT molecular complexity index is 549. The van der Waals surface area contributed by atoms with Gasteiger partial charge < -0.3 is 0 Å². The Morgan fingerprint density at radius 3 is 2.11 bits per heavy atom. The number of aliphatic imine (C=N–C) groups is 1. The minimum absolute atomic E-state index is 0.378. The van der Waals surface area contributed by atoms with Crippen molar-refractivity contribution in [3.63, 3.8) is 0 Å². The molecule has 0 aromatic heterocycles. The highest BCUT2D eigenvalue weighted by Crippen LogP contribution is 2.25. The molecule has 18 heavy (non-hydrogen) atoms. The van der Waals surface area contributed by atoms with E-state index in [1.165, 1.54) is 17.7 Å². The van der Waals surface area contributed by atoms with Crippen LogP contribution in [0.3, 0.4) is 0 Å². The van der Waals surface area contributed by atoms with E-state index >= 15 is 0 Å². The fraction of sp³-hybridized carbons (Fsp3) is 0.0714. The summed E-state index contributed by atoms with van der Waals surface area (Å²) in [6.07, 6.45) is 1.40. The lowest BCUT2D eigenvalue weighted by molar-refractivity contribution is 0.565. The number of carbonyl (C=O) groups excluding carboxylic acids is 1. The van der Waals surface area contributed by atoms with Crippen LogP contribution in [0.5, 0.6) is 0 Å². The summed E-state index contributed by atoms with van der Waals surface area (Å²) in [5.74, 6) is 0. The van der Waals surface area contributed by atoms with Gasteiger partial charge in [-0.1, -0.05) is 59.1 Å². The maximum absolute atomic E-state index is 9.80. The van der Waals surface area contributed by atoms with Crippen LogP contribution >= 0.6 is 23.2 Å². The van der Waals surface area contributed by atoms with Crippen molar-refractivity contribution in [2.75, 3.05) is 0 Å². The van der Waals surface area contributed by atoms with E-state index in [-0.39, 0.29) is 0 Å². The molecule has 0 saturated carbocycles. The van der Waals surface area contributed by atoms with Gasteiger partial charge >= 0.3 is 0 Å². The molecule has 0 atom stereocenters. The number of benzene rings is 2. The molecule has 0 spiro atoms. The van der Waals surface area contributed by atoms with E-state index in [0.717, 1.165) is 0 Å². The number of hydrogen-bond acceptors (Lipinski definition) is 2. The molecule has 0 aliphatic rings. The van der Waals surface area contributed by atoms with Crippen LogP contribution < -0.4 is 0 Å². The molecule has 0 N–H and O–H groups in total. The van der Waals surface area contributed by atoms with Gasteiger partial charge in [0.15, 0.2) is 0 Å². The fourth-order valence-corrected chi connectivity index (χ4v) is 1.43. The van der Waals surface area contributed by atoms with E-state index in [1.807, 2.05) is 18.2 Å². The Morgan fingerprint density at radius 1 is 1.00 bits per heavy atom. The predicted octanol–water partition coefficient (Wildman–Crippen LogP) is 4.96. The van der Waals surface area contributed by atoms with Gasteiger partial charge in [-0.3, -0.25) is 0 Å². The number of aryl methyl sites for hydroxylation is 1. The van der Waals surface area contributed by atoms with Gasteiger partial charge in [0, 0.05) is 0 Å². The smallest absolute Gasteiger partial charge is 0.211 e. The molecule has 0 unspecified atom stereocenters. The van der Waals surface area contributed by atoms with Gasteiger partial charge in [0.2, 0.25) is 6.08 Å². The molecular weight excluding hydrogens is 269 g/mol. The molecule has 0 heterocycles. The quantitative estimate of drug-likeness (QED) is 0.536. The molecule has 2 rings (SSSR count). The van der Waals surface area contributed by atoms with Crippen molar-refractivity contribution in [1.29, 1.82) is 0 Å². The topological polar surface area (TPSA) is 29.4 Å². The molecule has 0 saturated heterocycles. The van der Waals surface area contributed by atoms with Gasteiger partial charge in [-0.25, -0.2) is 4.79 Å². The van der Waals surface area contributed by atoms with Crippen LogP contribution in [-0.2, 0) is 4.79 Å². The highest BCUT2D eigenvalue weighted by molar-refractivity contribution is 6.42. The summed E-state index contributed by atoms with van der Waals surface area (Å²) in [4.78, 5) is 13.2. The highest BCUT2D eigenvalue weighted by atomic mass is 35.5. The van der Waals surface area contributed by atoms with Crippen molar-refractivity contribution in [2.24, 2.45) is 4.99 Å². The average molecular weight is 280 g/mol. The molecule has 0 fully saturated rings. The van der Waals surface area contributed by atoms with Crippen LogP contribution in [0.15, 0.2) is 53.5 Å².